The quantitative estimate of drug-likeness (QED) is 0.680. The van der Waals surface area contributed by atoms with E-state index in [4.69, 9.17) is 9.15 Å². The molecule has 3 aromatic rings. The lowest BCUT2D eigenvalue weighted by molar-refractivity contribution is -0.114. The van der Waals surface area contributed by atoms with Gasteiger partial charge in [0, 0.05) is 18.2 Å². The molecule has 1 atom stereocenters. The molecule has 0 unspecified atom stereocenters. The normalized spacial score (nSPS) is 11.7. The first-order valence-electron chi connectivity index (χ1n) is 8.59. The number of carbonyl (C=O) groups excluding carboxylic acids is 1. The van der Waals surface area contributed by atoms with E-state index >= 15 is 0 Å². The van der Waals surface area contributed by atoms with Crippen molar-refractivity contribution in [2.75, 3.05) is 17.7 Å². The van der Waals surface area contributed by atoms with E-state index in [0.29, 0.717) is 28.9 Å². The zero-order chi connectivity index (χ0) is 19.4. The van der Waals surface area contributed by atoms with Crippen LogP contribution in [0.25, 0.3) is 11.5 Å². The molecule has 3 rings (SSSR count). The molecule has 1 heterocycles. The van der Waals surface area contributed by atoms with Crippen molar-refractivity contribution >= 4 is 17.3 Å². The lowest BCUT2D eigenvalue weighted by Gasteiger charge is -2.16. The molecule has 2 aromatic carbocycles. The molecule has 7 nitrogen and oxygen atoms in total. The van der Waals surface area contributed by atoms with Gasteiger partial charge in [-0.05, 0) is 44.2 Å². The van der Waals surface area contributed by atoms with E-state index in [2.05, 4.69) is 20.8 Å². The summed E-state index contributed by atoms with van der Waals surface area (Å²) in [5.41, 5.74) is 3.39. The highest BCUT2D eigenvalue weighted by Gasteiger charge is 2.17. The maximum Gasteiger partial charge on any atom is 0.247 e. The van der Waals surface area contributed by atoms with Crippen LogP contribution in [0.3, 0.4) is 0 Å². The maximum atomic E-state index is 11.3. The summed E-state index contributed by atoms with van der Waals surface area (Å²) < 4.78 is 11.2. The standard InChI is InChI=1S/C20H22N4O3/c1-12-6-5-7-15(10-12)20-24-23-19(27-20)13(2)21-17-11-16(22-14(3)25)8-9-18(17)26-4/h5-11,13,21H,1-4H3,(H,22,25)/t13-/m1/s1. The highest BCUT2D eigenvalue weighted by molar-refractivity contribution is 5.89. The van der Waals surface area contributed by atoms with Gasteiger partial charge in [-0.1, -0.05) is 17.7 Å². The van der Waals surface area contributed by atoms with Crippen LogP contribution >= 0.6 is 0 Å². The predicted octanol–water partition coefficient (Wildman–Crippen LogP) is 4.19. The van der Waals surface area contributed by atoms with Crippen molar-refractivity contribution < 1.29 is 13.9 Å². The van der Waals surface area contributed by atoms with E-state index in [0.717, 1.165) is 11.1 Å². The first-order chi connectivity index (χ1) is 13.0. The Bertz CT molecular complexity index is 952. The van der Waals surface area contributed by atoms with E-state index in [1.54, 1.807) is 25.3 Å². The van der Waals surface area contributed by atoms with Crippen LogP contribution in [-0.2, 0) is 4.79 Å². The molecule has 0 saturated heterocycles. The van der Waals surface area contributed by atoms with Gasteiger partial charge in [-0.2, -0.15) is 0 Å². The Labute approximate surface area is 157 Å². The molecule has 0 radical (unpaired) electrons. The zero-order valence-electron chi connectivity index (χ0n) is 15.7. The molecule has 27 heavy (non-hydrogen) atoms. The summed E-state index contributed by atoms with van der Waals surface area (Å²) in [6, 6.07) is 13.0. The van der Waals surface area contributed by atoms with Crippen LogP contribution in [0.5, 0.6) is 5.75 Å². The minimum atomic E-state index is -0.252. The number of hydrogen-bond donors (Lipinski definition) is 2. The summed E-state index contributed by atoms with van der Waals surface area (Å²) in [7, 11) is 1.59. The monoisotopic (exact) mass is 366 g/mol. The number of aryl methyl sites for hydroxylation is 1. The third-order valence-electron chi connectivity index (χ3n) is 3.97. The largest absolute Gasteiger partial charge is 0.495 e. The Morgan fingerprint density at radius 3 is 2.70 bits per heavy atom. The molecular weight excluding hydrogens is 344 g/mol. The van der Waals surface area contributed by atoms with E-state index < -0.39 is 0 Å². The summed E-state index contributed by atoms with van der Waals surface area (Å²) >= 11 is 0. The fourth-order valence-corrected chi connectivity index (χ4v) is 2.70. The second-order valence-electron chi connectivity index (χ2n) is 6.28. The molecule has 2 N–H and O–H groups in total. The van der Waals surface area contributed by atoms with Crippen molar-refractivity contribution in [2.45, 2.75) is 26.8 Å². The first-order valence-corrected chi connectivity index (χ1v) is 8.59. The SMILES string of the molecule is COc1ccc(NC(C)=O)cc1N[C@H](C)c1nnc(-c2cccc(C)c2)o1. The van der Waals surface area contributed by atoms with Gasteiger partial charge >= 0.3 is 0 Å². The fraction of sp³-hybridized carbons (Fsp3) is 0.250. The minimum absolute atomic E-state index is 0.140. The molecule has 0 bridgehead atoms. The number of ether oxygens (including phenoxy) is 1. The number of carbonyl (C=O) groups is 1. The number of aromatic nitrogens is 2. The minimum Gasteiger partial charge on any atom is -0.495 e. The van der Waals surface area contributed by atoms with Crippen molar-refractivity contribution in [1.29, 1.82) is 0 Å². The average molecular weight is 366 g/mol. The number of hydrogen-bond acceptors (Lipinski definition) is 6. The van der Waals surface area contributed by atoms with E-state index in [1.807, 2.05) is 38.1 Å². The van der Waals surface area contributed by atoms with Gasteiger partial charge in [-0.3, -0.25) is 4.79 Å². The Morgan fingerprint density at radius 2 is 2.00 bits per heavy atom. The lowest BCUT2D eigenvalue weighted by Crippen LogP contribution is -2.10. The molecule has 1 aromatic heterocycles. The van der Waals surface area contributed by atoms with Crippen LogP contribution in [0.15, 0.2) is 46.9 Å². The Hall–Kier alpha value is -3.35. The summed E-state index contributed by atoms with van der Waals surface area (Å²) in [6.07, 6.45) is 0. The first kappa shape index (κ1) is 18.4. The molecule has 0 spiro atoms. The summed E-state index contributed by atoms with van der Waals surface area (Å²) in [4.78, 5) is 11.3. The van der Waals surface area contributed by atoms with Gasteiger partial charge in [0.2, 0.25) is 17.7 Å². The van der Waals surface area contributed by atoms with Gasteiger partial charge in [0.25, 0.3) is 0 Å². The average Bonchev–Trinajstić information content (AvgIpc) is 3.12. The van der Waals surface area contributed by atoms with Gasteiger partial charge in [0.05, 0.1) is 12.8 Å². The fourth-order valence-electron chi connectivity index (χ4n) is 2.70. The summed E-state index contributed by atoms with van der Waals surface area (Å²) in [6.45, 7) is 5.39. The third kappa shape index (κ3) is 4.44. The number of nitrogens with zero attached hydrogens (tertiary/aromatic N) is 2. The Morgan fingerprint density at radius 1 is 1.19 bits per heavy atom. The van der Waals surface area contributed by atoms with Crippen LogP contribution in [-0.4, -0.2) is 23.2 Å². The zero-order valence-corrected chi connectivity index (χ0v) is 15.7. The molecule has 7 heteroatoms. The predicted molar refractivity (Wildman–Crippen MR) is 104 cm³/mol. The van der Waals surface area contributed by atoms with E-state index in [9.17, 15) is 4.79 Å². The van der Waals surface area contributed by atoms with Gasteiger partial charge in [-0.25, -0.2) is 0 Å². The third-order valence-corrected chi connectivity index (χ3v) is 3.97. The van der Waals surface area contributed by atoms with Crippen molar-refractivity contribution in [3.63, 3.8) is 0 Å². The molecule has 1 amide bonds. The highest BCUT2D eigenvalue weighted by atomic mass is 16.5. The van der Waals surface area contributed by atoms with Crippen LogP contribution in [0.1, 0.15) is 31.3 Å². The topological polar surface area (TPSA) is 89.3 Å². The van der Waals surface area contributed by atoms with Crippen LogP contribution in [0, 0.1) is 6.92 Å². The summed E-state index contributed by atoms with van der Waals surface area (Å²) in [5.74, 6) is 1.44. The van der Waals surface area contributed by atoms with Crippen molar-refractivity contribution in [1.82, 2.24) is 10.2 Å². The second-order valence-corrected chi connectivity index (χ2v) is 6.28. The number of rotatable bonds is 6. The van der Waals surface area contributed by atoms with Gasteiger partial charge in [0.15, 0.2) is 0 Å². The van der Waals surface area contributed by atoms with Crippen molar-refractivity contribution in [3.8, 4) is 17.2 Å². The molecule has 0 saturated carbocycles. The molecule has 0 fully saturated rings. The molecule has 0 aliphatic carbocycles. The van der Waals surface area contributed by atoms with Crippen molar-refractivity contribution in [2.24, 2.45) is 0 Å². The maximum absolute atomic E-state index is 11.3. The number of methoxy groups -OCH3 is 1. The summed E-state index contributed by atoms with van der Waals surface area (Å²) in [5, 5.41) is 14.3. The van der Waals surface area contributed by atoms with Gasteiger partial charge < -0.3 is 19.8 Å². The van der Waals surface area contributed by atoms with Gasteiger partial charge in [-0.15, -0.1) is 10.2 Å². The number of benzene rings is 2. The van der Waals surface area contributed by atoms with Crippen molar-refractivity contribution in [3.05, 3.63) is 53.9 Å². The van der Waals surface area contributed by atoms with Gasteiger partial charge in [0.1, 0.15) is 11.8 Å². The van der Waals surface area contributed by atoms with E-state index in [1.165, 1.54) is 6.92 Å². The molecule has 140 valence electrons. The van der Waals surface area contributed by atoms with Crippen LogP contribution < -0.4 is 15.4 Å². The molecular formula is C20H22N4O3. The van der Waals surface area contributed by atoms with Crippen LogP contribution in [0.2, 0.25) is 0 Å². The smallest absolute Gasteiger partial charge is 0.247 e. The Balaban J connectivity index is 1.81. The number of nitrogens with one attached hydrogen (secondary N) is 2. The lowest BCUT2D eigenvalue weighted by atomic mass is 10.1. The second kappa shape index (κ2) is 7.90. The molecule has 0 aliphatic rings. The highest BCUT2D eigenvalue weighted by Crippen LogP contribution is 2.31. The number of amides is 1. The molecule has 0 aliphatic heterocycles. The van der Waals surface area contributed by atoms with E-state index in [-0.39, 0.29) is 11.9 Å². The van der Waals surface area contributed by atoms with Crippen LogP contribution in [0.4, 0.5) is 11.4 Å². The number of anilines is 2. The Kier molecular flexibility index (Phi) is 5.40.